The summed E-state index contributed by atoms with van der Waals surface area (Å²) in [6.07, 6.45) is -0.0386. The molecule has 1 aliphatic rings. The molecule has 0 radical (unpaired) electrons. The Labute approximate surface area is 136 Å². The summed E-state index contributed by atoms with van der Waals surface area (Å²) in [5.74, 6) is -0.286. The largest absolute Gasteiger partial charge is 0.392 e. The van der Waals surface area contributed by atoms with E-state index in [0.717, 1.165) is 0 Å². The molecule has 122 valence electrons. The third-order valence-electron chi connectivity index (χ3n) is 3.37. The summed E-state index contributed by atoms with van der Waals surface area (Å²) in [5, 5.41) is 17.9. The van der Waals surface area contributed by atoms with Crippen LogP contribution in [0.4, 0.5) is 11.4 Å². The van der Waals surface area contributed by atoms with E-state index in [1.807, 2.05) is 13.8 Å². The summed E-state index contributed by atoms with van der Waals surface area (Å²) in [7, 11) is 0. The molecule has 6 nitrogen and oxygen atoms in total. The predicted octanol–water partition coefficient (Wildman–Crippen LogP) is 1.36. The monoisotopic (exact) mass is 327 g/mol. The van der Waals surface area contributed by atoms with Crippen LogP contribution in [-0.2, 0) is 9.59 Å². The van der Waals surface area contributed by atoms with E-state index >= 15 is 0 Å². The Hall–Kier alpha value is -1.63. The van der Waals surface area contributed by atoms with Gasteiger partial charge in [0.05, 0.1) is 12.1 Å². The van der Waals surface area contributed by atoms with E-state index in [0.29, 0.717) is 24.3 Å². The zero-order valence-electron chi connectivity index (χ0n) is 12.6. The molecule has 4 N–H and O–H groups in total. The van der Waals surface area contributed by atoms with Crippen LogP contribution in [0.1, 0.15) is 20.3 Å². The quantitative estimate of drug-likeness (QED) is 0.672. The Bertz CT molecular complexity index is 519. The number of hydrogen-bond acceptors (Lipinski definition) is 4. The molecule has 2 atom stereocenters. The number of rotatable bonds is 4. The number of anilines is 2. The van der Waals surface area contributed by atoms with Crippen LogP contribution < -0.4 is 16.0 Å². The molecule has 2 rings (SSSR count). The molecule has 22 heavy (non-hydrogen) atoms. The van der Waals surface area contributed by atoms with Crippen LogP contribution in [0.5, 0.6) is 0 Å². The summed E-state index contributed by atoms with van der Waals surface area (Å²) in [6.45, 7) is 4.10. The number of aliphatic hydroxyl groups is 1. The summed E-state index contributed by atoms with van der Waals surface area (Å²) in [5.41, 5.74) is 1.35. The van der Waals surface area contributed by atoms with Gasteiger partial charge in [0.15, 0.2) is 0 Å². The van der Waals surface area contributed by atoms with E-state index < -0.39 is 6.10 Å². The van der Waals surface area contributed by atoms with E-state index in [1.165, 1.54) is 0 Å². The molecule has 1 saturated heterocycles. The molecule has 1 aromatic carbocycles. The van der Waals surface area contributed by atoms with Gasteiger partial charge in [0.2, 0.25) is 11.8 Å². The number of carbonyl (C=O) groups is 2. The topological polar surface area (TPSA) is 90.5 Å². The standard InChI is InChI=1S/C15H21N3O3.ClH/c1-9(2)14(20)17-10-3-5-11(6-4-10)18-15(21)13-7-12(19)8-16-13;/h3-6,9,12-13,16,19H,7-8H2,1-2H3,(H,17,20)(H,18,21);1H. The van der Waals surface area contributed by atoms with E-state index in [1.54, 1.807) is 24.3 Å². The van der Waals surface area contributed by atoms with Gasteiger partial charge in [0, 0.05) is 23.8 Å². The van der Waals surface area contributed by atoms with Crippen molar-refractivity contribution in [3.05, 3.63) is 24.3 Å². The molecule has 2 amide bonds. The molecule has 0 aliphatic carbocycles. The van der Waals surface area contributed by atoms with E-state index in [2.05, 4.69) is 16.0 Å². The number of benzene rings is 1. The maximum Gasteiger partial charge on any atom is 0.241 e. The van der Waals surface area contributed by atoms with Crippen molar-refractivity contribution in [2.75, 3.05) is 17.2 Å². The van der Waals surface area contributed by atoms with Gasteiger partial charge in [-0.3, -0.25) is 9.59 Å². The van der Waals surface area contributed by atoms with Gasteiger partial charge in [-0.05, 0) is 30.7 Å². The fourth-order valence-corrected chi connectivity index (χ4v) is 2.07. The highest BCUT2D eigenvalue weighted by Gasteiger charge is 2.27. The molecule has 2 unspecified atom stereocenters. The fraction of sp³-hybridized carbons (Fsp3) is 0.467. The maximum absolute atomic E-state index is 12.0. The average molecular weight is 328 g/mol. The van der Waals surface area contributed by atoms with Gasteiger partial charge in [-0.25, -0.2) is 0 Å². The minimum absolute atomic E-state index is 0. The summed E-state index contributed by atoms with van der Waals surface area (Å²) in [6, 6.07) is 6.60. The Morgan fingerprint density at radius 2 is 1.73 bits per heavy atom. The van der Waals surface area contributed by atoms with Crippen molar-refractivity contribution in [3.63, 3.8) is 0 Å². The van der Waals surface area contributed by atoms with Gasteiger partial charge in [-0.2, -0.15) is 0 Å². The van der Waals surface area contributed by atoms with Crippen LogP contribution in [-0.4, -0.2) is 35.6 Å². The molecule has 1 fully saturated rings. The molecule has 7 heteroatoms. The highest BCUT2D eigenvalue weighted by Crippen LogP contribution is 2.16. The van der Waals surface area contributed by atoms with Crippen molar-refractivity contribution in [3.8, 4) is 0 Å². The SMILES string of the molecule is CC(C)C(=O)Nc1ccc(NC(=O)C2CC(O)CN2)cc1.Cl. The Morgan fingerprint density at radius 3 is 2.18 bits per heavy atom. The van der Waals surface area contributed by atoms with E-state index in [9.17, 15) is 14.7 Å². The van der Waals surface area contributed by atoms with E-state index in [-0.39, 0.29) is 36.2 Å². The van der Waals surface area contributed by atoms with Crippen LogP contribution in [0.3, 0.4) is 0 Å². The molecule has 0 saturated carbocycles. The number of amides is 2. The number of β-amino-alcohol motifs (C(OH)–C–C–N with tert-alkyl or cyclic N) is 1. The molecule has 0 bridgehead atoms. The van der Waals surface area contributed by atoms with Gasteiger partial charge >= 0.3 is 0 Å². The molecule has 0 spiro atoms. The zero-order chi connectivity index (χ0) is 15.4. The van der Waals surface area contributed by atoms with Crippen molar-refractivity contribution < 1.29 is 14.7 Å². The molecule has 1 aliphatic heterocycles. The van der Waals surface area contributed by atoms with Crippen molar-refractivity contribution in [2.24, 2.45) is 5.92 Å². The molecule has 1 aromatic rings. The van der Waals surface area contributed by atoms with Crippen LogP contribution in [0.25, 0.3) is 0 Å². The van der Waals surface area contributed by atoms with Crippen molar-refractivity contribution in [1.29, 1.82) is 0 Å². The lowest BCUT2D eigenvalue weighted by Crippen LogP contribution is -2.35. The summed E-state index contributed by atoms with van der Waals surface area (Å²) < 4.78 is 0. The predicted molar refractivity (Wildman–Crippen MR) is 88.2 cm³/mol. The molecular weight excluding hydrogens is 306 g/mol. The second-order valence-corrected chi connectivity index (χ2v) is 5.56. The minimum Gasteiger partial charge on any atom is -0.392 e. The summed E-state index contributed by atoms with van der Waals surface area (Å²) >= 11 is 0. The first-order valence-corrected chi connectivity index (χ1v) is 7.09. The van der Waals surface area contributed by atoms with Crippen LogP contribution in [0.15, 0.2) is 24.3 Å². The van der Waals surface area contributed by atoms with Crippen LogP contribution >= 0.6 is 12.4 Å². The maximum atomic E-state index is 12.0. The lowest BCUT2D eigenvalue weighted by molar-refractivity contribution is -0.119. The van der Waals surface area contributed by atoms with Crippen LogP contribution in [0.2, 0.25) is 0 Å². The van der Waals surface area contributed by atoms with Crippen LogP contribution in [0, 0.1) is 5.92 Å². The average Bonchev–Trinajstić information content (AvgIpc) is 2.87. The number of aliphatic hydroxyl groups excluding tert-OH is 1. The zero-order valence-corrected chi connectivity index (χ0v) is 13.4. The second kappa shape index (κ2) is 8.12. The first kappa shape index (κ1) is 18.4. The Kier molecular flexibility index (Phi) is 6.80. The Morgan fingerprint density at radius 1 is 1.18 bits per heavy atom. The van der Waals surface area contributed by atoms with Crippen molar-refractivity contribution in [1.82, 2.24) is 5.32 Å². The third kappa shape index (κ3) is 4.98. The number of carbonyl (C=O) groups excluding carboxylic acids is 2. The van der Waals surface area contributed by atoms with Gasteiger partial charge in [0.25, 0.3) is 0 Å². The van der Waals surface area contributed by atoms with Crippen molar-refractivity contribution >= 4 is 35.6 Å². The molecule has 0 aromatic heterocycles. The highest BCUT2D eigenvalue weighted by molar-refractivity contribution is 5.96. The smallest absolute Gasteiger partial charge is 0.241 e. The third-order valence-corrected chi connectivity index (χ3v) is 3.37. The van der Waals surface area contributed by atoms with Gasteiger partial charge < -0.3 is 21.1 Å². The molecule has 1 heterocycles. The first-order chi connectivity index (χ1) is 9.95. The lowest BCUT2D eigenvalue weighted by atomic mass is 10.2. The van der Waals surface area contributed by atoms with Gasteiger partial charge in [-0.15, -0.1) is 12.4 Å². The van der Waals surface area contributed by atoms with E-state index in [4.69, 9.17) is 0 Å². The second-order valence-electron chi connectivity index (χ2n) is 5.56. The van der Waals surface area contributed by atoms with Gasteiger partial charge in [0.1, 0.15) is 0 Å². The number of nitrogens with one attached hydrogen (secondary N) is 3. The minimum atomic E-state index is -0.464. The number of hydrogen-bond donors (Lipinski definition) is 4. The summed E-state index contributed by atoms with van der Waals surface area (Å²) in [4.78, 5) is 23.5. The first-order valence-electron chi connectivity index (χ1n) is 7.09. The normalized spacial score (nSPS) is 20.4. The van der Waals surface area contributed by atoms with Gasteiger partial charge in [-0.1, -0.05) is 13.8 Å². The molecular formula is C15H22ClN3O3. The number of halogens is 1. The fourth-order valence-electron chi connectivity index (χ4n) is 2.07. The lowest BCUT2D eigenvalue weighted by Gasteiger charge is -2.12. The Balaban J connectivity index is 0.00000242. The highest BCUT2D eigenvalue weighted by atomic mass is 35.5. The van der Waals surface area contributed by atoms with Crippen molar-refractivity contribution in [2.45, 2.75) is 32.4 Å².